The number of rotatable bonds is 2. The molecule has 0 saturated carbocycles. The molecule has 1 nitrogen and oxygen atoms in total. The molecule has 0 bridgehead atoms. The van der Waals surface area contributed by atoms with Crippen LogP contribution in [0.3, 0.4) is 0 Å². The van der Waals surface area contributed by atoms with Gasteiger partial charge in [0.15, 0.2) is 0 Å². The van der Waals surface area contributed by atoms with Crippen LogP contribution in [0.25, 0.3) is 0 Å². The molecule has 58 valence electrons. The molecular formula is C8H7Cl2N. The van der Waals surface area contributed by atoms with Gasteiger partial charge in [-0.3, -0.25) is 0 Å². The van der Waals surface area contributed by atoms with E-state index in [4.69, 9.17) is 28.6 Å². The molecule has 0 heterocycles. The highest BCUT2D eigenvalue weighted by Crippen LogP contribution is 2.22. The summed E-state index contributed by atoms with van der Waals surface area (Å²) in [6, 6.07) is 5.37. The predicted molar refractivity (Wildman–Crippen MR) is 48.9 cm³/mol. The molecule has 0 unspecified atom stereocenters. The summed E-state index contributed by atoms with van der Waals surface area (Å²) in [6.45, 7) is 0. The van der Waals surface area contributed by atoms with Crippen molar-refractivity contribution < 1.29 is 0 Å². The standard InChI is InChI=1S/C8H7Cl2N/c9-7-2-1-6(3-4-11)5-8(7)10/h1-2,4-5,11H,3H2. The van der Waals surface area contributed by atoms with Crippen molar-refractivity contribution in [3.8, 4) is 0 Å². The Morgan fingerprint density at radius 3 is 2.55 bits per heavy atom. The fourth-order valence-electron chi connectivity index (χ4n) is 0.784. The maximum absolute atomic E-state index is 6.86. The van der Waals surface area contributed by atoms with Crippen LogP contribution < -0.4 is 0 Å². The van der Waals surface area contributed by atoms with Gasteiger partial charge in [0.1, 0.15) is 0 Å². The predicted octanol–water partition coefficient (Wildman–Crippen LogP) is 3.19. The summed E-state index contributed by atoms with van der Waals surface area (Å²) in [6.07, 6.45) is 1.94. The number of hydrogen-bond acceptors (Lipinski definition) is 1. The first-order chi connectivity index (χ1) is 5.24. The molecular weight excluding hydrogens is 181 g/mol. The summed E-state index contributed by atoms with van der Waals surface area (Å²) in [5.74, 6) is 0. The Labute approximate surface area is 75.5 Å². The van der Waals surface area contributed by atoms with E-state index < -0.39 is 0 Å². The second kappa shape index (κ2) is 3.74. The second-order valence-electron chi connectivity index (χ2n) is 2.16. The van der Waals surface area contributed by atoms with Crippen LogP contribution in [0.15, 0.2) is 18.2 Å². The molecule has 1 aromatic carbocycles. The number of benzene rings is 1. The van der Waals surface area contributed by atoms with Gasteiger partial charge in [-0.05, 0) is 23.9 Å². The minimum absolute atomic E-state index is 0.547. The van der Waals surface area contributed by atoms with Gasteiger partial charge in [0.25, 0.3) is 0 Å². The van der Waals surface area contributed by atoms with Gasteiger partial charge < -0.3 is 5.41 Å². The minimum Gasteiger partial charge on any atom is -0.313 e. The van der Waals surface area contributed by atoms with Crippen molar-refractivity contribution in [2.75, 3.05) is 0 Å². The maximum atomic E-state index is 6.86. The number of hydrogen-bond donors (Lipinski definition) is 1. The van der Waals surface area contributed by atoms with Crippen LogP contribution in [-0.4, -0.2) is 6.21 Å². The van der Waals surface area contributed by atoms with E-state index in [0.29, 0.717) is 16.5 Å². The molecule has 1 N–H and O–H groups in total. The van der Waals surface area contributed by atoms with E-state index in [1.54, 1.807) is 12.1 Å². The summed E-state index contributed by atoms with van der Waals surface area (Å²) < 4.78 is 0. The van der Waals surface area contributed by atoms with E-state index >= 15 is 0 Å². The molecule has 0 aliphatic carbocycles. The Bertz CT molecular complexity index is 271. The molecule has 1 rings (SSSR count). The van der Waals surface area contributed by atoms with Crippen molar-refractivity contribution in [1.82, 2.24) is 0 Å². The molecule has 0 saturated heterocycles. The summed E-state index contributed by atoms with van der Waals surface area (Å²) in [5.41, 5.74) is 1.01. The molecule has 1 aromatic rings. The third kappa shape index (κ3) is 2.21. The molecule has 0 fully saturated rings. The quantitative estimate of drug-likeness (QED) is 0.689. The zero-order chi connectivity index (χ0) is 8.27. The van der Waals surface area contributed by atoms with E-state index in [-0.39, 0.29) is 0 Å². The fraction of sp³-hybridized carbons (Fsp3) is 0.125. The molecule has 3 heteroatoms. The lowest BCUT2D eigenvalue weighted by atomic mass is 10.2. The lowest BCUT2D eigenvalue weighted by molar-refractivity contribution is 1.33. The molecule has 0 aliphatic heterocycles. The van der Waals surface area contributed by atoms with Gasteiger partial charge in [-0.2, -0.15) is 0 Å². The first-order valence-corrected chi connectivity index (χ1v) is 3.92. The van der Waals surface area contributed by atoms with Gasteiger partial charge in [-0.25, -0.2) is 0 Å². The Hall–Kier alpha value is -0.530. The van der Waals surface area contributed by atoms with Gasteiger partial charge in [0.2, 0.25) is 0 Å². The highest BCUT2D eigenvalue weighted by molar-refractivity contribution is 6.42. The van der Waals surface area contributed by atoms with Crippen LogP contribution >= 0.6 is 23.2 Å². The van der Waals surface area contributed by atoms with Gasteiger partial charge in [-0.15, -0.1) is 0 Å². The first-order valence-electron chi connectivity index (χ1n) is 3.17. The second-order valence-corrected chi connectivity index (χ2v) is 2.97. The Morgan fingerprint density at radius 2 is 2.00 bits per heavy atom. The van der Waals surface area contributed by atoms with Crippen molar-refractivity contribution >= 4 is 29.4 Å². The first kappa shape index (κ1) is 8.57. The molecule has 0 radical (unpaired) electrons. The van der Waals surface area contributed by atoms with Crippen LogP contribution in [0.5, 0.6) is 0 Å². The van der Waals surface area contributed by atoms with Crippen LogP contribution in [0, 0.1) is 5.41 Å². The zero-order valence-electron chi connectivity index (χ0n) is 5.77. The van der Waals surface area contributed by atoms with E-state index in [9.17, 15) is 0 Å². The minimum atomic E-state index is 0.547. The molecule has 0 aliphatic rings. The van der Waals surface area contributed by atoms with Crippen LogP contribution in [0.2, 0.25) is 10.0 Å². The van der Waals surface area contributed by atoms with Crippen molar-refractivity contribution in [2.45, 2.75) is 6.42 Å². The average Bonchev–Trinajstić information content (AvgIpc) is 1.98. The van der Waals surface area contributed by atoms with Gasteiger partial charge in [0.05, 0.1) is 10.0 Å². The van der Waals surface area contributed by atoms with Crippen LogP contribution in [-0.2, 0) is 6.42 Å². The monoisotopic (exact) mass is 187 g/mol. The highest BCUT2D eigenvalue weighted by atomic mass is 35.5. The number of halogens is 2. The molecule has 0 aromatic heterocycles. The molecule has 0 spiro atoms. The Kier molecular flexibility index (Phi) is 2.92. The zero-order valence-corrected chi connectivity index (χ0v) is 7.28. The Balaban J connectivity index is 2.95. The van der Waals surface area contributed by atoms with Crippen molar-refractivity contribution in [3.63, 3.8) is 0 Å². The maximum Gasteiger partial charge on any atom is 0.0595 e. The molecule has 11 heavy (non-hydrogen) atoms. The number of nitrogens with one attached hydrogen (secondary N) is 1. The third-order valence-electron chi connectivity index (χ3n) is 1.32. The normalized spacial score (nSPS) is 9.64. The summed E-state index contributed by atoms with van der Waals surface area (Å²) in [4.78, 5) is 0. The van der Waals surface area contributed by atoms with Crippen LogP contribution in [0.1, 0.15) is 5.56 Å². The lowest BCUT2D eigenvalue weighted by Crippen LogP contribution is -1.84. The smallest absolute Gasteiger partial charge is 0.0595 e. The third-order valence-corrected chi connectivity index (χ3v) is 2.06. The lowest BCUT2D eigenvalue weighted by Gasteiger charge is -1.97. The summed E-state index contributed by atoms with van der Waals surface area (Å²) in [5, 5.41) is 7.97. The van der Waals surface area contributed by atoms with Crippen molar-refractivity contribution in [2.24, 2.45) is 0 Å². The SMILES string of the molecule is N=CCc1ccc(Cl)c(Cl)c1. The largest absolute Gasteiger partial charge is 0.313 e. The van der Waals surface area contributed by atoms with E-state index in [2.05, 4.69) is 0 Å². The molecule has 0 atom stereocenters. The van der Waals surface area contributed by atoms with E-state index in [1.807, 2.05) is 6.07 Å². The topological polar surface area (TPSA) is 23.9 Å². The van der Waals surface area contributed by atoms with Gasteiger partial charge in [-0.1, -0.05) is 29.3 Å². The van der Waals surface area contributed by atoms with Crippen molar-refractivity contribution in [1.29, 1.82) is 5.41 Å². The van der Waals surface area contributed by atoms with E-state index in [1.165, 1.54) is 6.21 Å². The van der Waals surface area contributed by atoms with Gasteiger partial charge in [0, 0.05) is 6.42 Å². The summed E-state index contributed by atoms with van der Waals surface area (Å²) >= 11 is 11.4. The van der Waals surface area contributed by atoms with Gasteiger partial charge >= 0.3 is 0 Å². The fourth-order valence-corrected chi connectivity index (χ4v) is 1.11. The van der Waals surface area contributed by atoms with E-state index in [0.717, 1.165) is 5.56 Å². The Morgan fingerprint density at radius 1 is 1.27 bits per heavy atom. The summed E-state index contributed by atoms with van der Waals surface area (Å²) in [7, 11) is 0. The van der Waals surface area contributed by atoms with Crippen LogP contribution in [0.4, 0.5) is 0 Å². The highest BCUT2D eigenvalue weighted by Gasteiger charge is 1.97. The average molecular weight is 188 g/mol. The molecule has 0 amide bonds. The van der Waals surface area contributed by atoms with Crippen molar-refractivity contribution in [3.05, 3.63) is 33.8 Å².